The average molecular weight is 249 g/mol. The number of Topliss-reactive ketones (excluding diaryl/α,β-unsaturated/α-hetero) is 1. The summed E-state index contributed by atoms with van der Waals surface area (Å²) in [5.41, 5.74) is 5.58. The van der Waals surface area contributed by atoms with Crippen molar-refractivity contribution in [2.75, 3.05) is 18.6 Å². The van der Waals surface area contributed by atoms with E-state index in [-0.39, 0.29) is 23.9 Å². The summed E-state index contributed by atoms with van der Waals surface area (Å²) in [6.07, 6.45) is 2.59. The Bertz CT molecular complexity index is 309. The predicted molar refractivity (Wildman–Crippen MR) is 66.0 cm³/mol. The third-order valence-corrected chi connectivity index (χ3v) is 3.35. The van der Waals surface area contributed by atoms with Gasteiger partial charge in [-0.25, -0.2) is 8.42 Å². The Balaban J connectivity index is 4.01. The third kappa shape index (κ3) is 8.85. The molecule has 0 saturated heterocycles. The van der Waals surface area contributed by atoms with Crippen molar-refractivity contribution in [3.63, 3.8) is 0 Å². The van der Waals surface area contributed by atoms with Crippen LogP contribution in [0.2, 0.25) is 0 Å². The van der Waals surface area contributed by atoms with E-state index in [2.05, 4.69) is 13.8 Å². The lowest BCUT2D eigenvalue weighted by Gasteiger charge is -2.15. The van der Waals surface area contributed by atoms with Crippen molar-refractivity contribution in [2.45, 2.75) is 33.1 Å². The summed E-state index contributed by atoms with van der Waals surface area (Å²) >= 11 is 0. The van der Waals surface area contributed by atoms with Crippen LogP contribution in [0.3, 0.4) is 0 Å². The highest BCUT2D eigenvalue weighted by Crippen LogP contribution is 2.15. The van der Waals surface area contributed by atoms with Gasteiger partial charge in [-0.3, -0.25) is 4.79 Å². The maximum absolute atomic E-state index is 11.5. The van der Waals surface area contributed by atoms with Crippen LogP contribution in [0.1, 0.15) is 33.1 Å². The quantitative estimate of drug-likeness (QED) is 0.696. The van der Waals surface area contributed by atoms with Gasteiger partial charge in [0.2, 0.25) is 0 Å². The van der Waals surface area contributed by atoms with Crippen molar-refractivity contribution >= 4 is 15.6 Å². The normalized spacial score (nSPS) is 14.1. The number of carbonyl (C=O) groups excluding carboxylic acids is 1. The van der Waals surface area contributed by atoms with Crippen LogP contribution in [-0.2, 0) is 14.6 Å². The zero-order chi connectivity index (χ0) is 12.8. The minimum atomic E-state index is -3.04. The molecule has 0 radical (unpaired) electrons. The summed E-state index contributed by atoms with van der Waals surface area (Å²) in [6, 6.07) is 0. The van der Waals surface area contributed by atoms with Gasteiger partial charge in [0.25, 0.3) is 0 Å². The van der Waals surface area contributed by atoms with Crippen molar-refractivity contribution in [1.29, 1.82) is 0 Å². The van der Waals surface area contributed by atoms with E-state index in [9.17, 15) is 13.2 Å². The number of nitrogens with two attached hydrogens (primary N) is 1. The fraction of sp³-hybridized carbons (Fsp3) is 0.909. The molecule has 96 valence electrons. The lowest BCUT2D eigenvalue weighted by Crippen LogP contribution is -2.21. The van der Waals surface area contributed by atoms with Gasteiger partial charge < -0.3 is 5.73 Å². The van der Waals surface area contributed by atoms with Gasteiger partial charge in [-0.1, -0.05) is 13.8 Å². The van der Waals surface area contributed by atoms with Crippen molar-refractivity contribution in [1.82, 2.24) is 0 Å². The smallest absolute Gasteiger partial charge is 0.147 e. The van der Waals surface area contributed by atoms with E-state index in [0.29, 0.717) is 18.9 Å². The van der Waals surface area contributed by atoms with Crippen LogP contribution in [0.15, 0.2) is 0 Å². The van der Waals surface area contributed by atoms with Crippen LogP contribution >= 0.6 is 0 Å². The van der Waals surface area contributed by atoms with Gasteiger partial charge in [0, 0.05) is 19.1 Å². The number of sulfone groups is 1. The van der Waals surface area contributed by atoms with Gasteiger partial charge in [0.15, 0.2) is 0 Å². The van der Waals surface area contributed by atoms with Crippen LogP contribution in [-0.4, -0.2) is 32.8 Å². The highest BCUT2D eigenvalue weighted by Gasteiger charge is 2.15. The Kier molecular flexibility index (Phi) is 6.83. The van der Waals surface area contributed by atoms with Crippen molar-refractivity contribution in [2.24, 2.45) is 17.6 Å². The molecule has 0 saturated carbocycles. The summed E-state index contributed by atoms with van der Waals surface area (Å²) in [6.45, 7) is 4.66. The lowest BCUT2D eigenvalue weighted by atomic mass is 9.92. The van der Waals surface area contributed by atoms with Crippen LogP contribution in [0.25, 0.3) is 0 Å². The Morgan fingerprint density at radius 2 is 1.88 bits per heavy atom. The highest BCUT2D eigenvalue weighted by atomic mass is 32.2. The minimum Gasteiger partial charge on any atom is -0.330 e. The molecule has 0 aromatic heterocycles. The molecule has 0 rings (SSSR count). The van der Waals surface area contributed by atoms with Gasteiger partial charge in [-0.15, -0.1) is 0 Å². The van der Waals surface area contributed by atoms with Crippen LogP contribution in [0.4, 0.5) is 0 Å². The topological polar surface area (TPSA) is 77.2 Å². The fourth-order valence-corrected chi connectivity index (χ4v) is 2.25. The fourth-order valence-electron chi connectivity index (χ4n) is 1.65. The molecule has 16 heavy (non-hydrogen) atoms. The van der Waals surface area contributed by atoms with E-state index in [4.69, 9.17) is 5.73 Å². The van der Waals surface area contributed by atoms with Crippen LogP contribution < -0.4 is 5.73 Å². The second-order valence-corrected chi connectivity index (χ2v) is 7.11. The third-order valence-electron chi connectivity index (χ3n) is 2.41. The molecular weight excluding hydrogens is 226 g/mol. The molecule has 0 amide bonds. The van der Waals surface area contributed by atoms with Crippen LogP contribution in [0.5, 0.6) is 0 Å². The number of ketones is 1. The molecule has 5 heteroatoms. The van der Waals surface area contributed by atoms with Crippen LogP contribution in [0, 0.1) is 11.8 Å². The molecule has 0 spiro atoms. The van der Waals surface area contributed by atoms with Gasteiger partial charge in [0.05, 0.1) is 5.75 Å². The molecule has 0 aliphatic heterocycles. The summed E-state index contributed by atoms with van der Waals surface area (Å²) < 4.78 is 21.8. The molecule has 0 bridgehead atoms. The molecule has 4 nitrogen and oxygen atoms in total. The molecule has 0 fully saturated rings. The molecule has 0 aromatic carbocycles. The SMILES string of the molecule is CC(C)CC(CN)CC(=O)CCS(C)(=O)=O. The van der Waals surface area contributed by atoms with E-state index < -0.39 is 9.84 Å². The second-order valence-electron chi connectivity index (χ2n) is 4.85. The zero-order valence-electron chi connectivity index (χ0n) is 10.4. The Labute approximate surface area is 98.5 Å². The van der Waals surface area contributed by atoms with Crippen molar-refractivity contribution in [3.05, 3.63) is 0 Å². The average Bonchev–Trinajstić information content (AvgIpc) is 2.12. The number of rotatable bonds is 8. The highest BCUT2D eigenvalue weighted by molar-refractivity contribution is 7.90. The predicted octanol–water partition coefficient (Wildman–Crippen LogP) is 1.00. The van der Waals surface area contributed by atoms with Gasteiger partial charge in [0.1, 0.15) is 15.6 Å². The van der Waals surface area contributed by atoms with Gasteiger partial charge in [-0.2, -0.15) is 0 Å². The first-order valence-corrected chi connectivity index (χ1v) is 7.70. The first-order chi connectivity index (χ1) is 7.24. The summed E-state index contributed by atoms with van der Waals surface area (Å²) in [7, 11) is -3.04. The molecule has 1 atom stereocenters. The Hall–Kier alpha value is -0.420. The minimum absolute atomic E-state index is 0.00141. The molecule has 0 heterocycles. The summed E-state index contributed by atoms with van der Waals surface area (Å²) in [4.78, 5) is 11.5. The molecule has 0 aliphatic rings. The van der Waals surface area contributed by atoms with E-state index in [1.807, 2.05) is 0 Å². The number of hydrogen-bond acceptors (Lipinski definition) is 4. The second kappa shape index (κ2) is 7.01. The Morgan fingerprint density at radius 3 is 2.25 bits per heavy atom. The van der Waals surface area contributed by atoms with Crippen molar-refractivity contribution < 1.29 is 13.2 Å². The largest absolute Gasteiger partial charge is 0.330 e. The van der Waals surface area contributed by atoms with Gasteiger partial charge in [-0.05, 0) is 24.8 Å². The van der Waals surface area contributed by atoms with E-state index >= 15 is 0 Å². The van der Waals surface area contributed by atoms with E-state index in [1.54, 1.807) is 0 Å². The number of hydrogen-bond donors (Lipinski definition) is 1. The number of carbonyl (C=O) groups is 1. The van der Waals surface area contributed by atoms with Crippen molar-refractivity contribution in [3.8, 4) is 0 Å². The van der Waals surface area contributed by atoms with Gasteiger partial charge >= 0.3 is 0 Å². The molecule has 0 aromatic rings. The standard InChI is InChI=1S/C11H23NO3S/c1-9(2)6-10(8-12)7-11(13)4-5-16(3,14)15/h9-10H,4-8,12H2,1-3H3. The molecule has 1 unspecified atom stereocenters. The first kappa shape index (κ1) is 15.6. The molecule has 0 aliphatic carbocycles. The molecular formula is C11H23NO3S. The summed E-state index contributed by atoms with van der Waals surface area (Å²) in [5.74, 6) is 0.648. The zero-order valence-corrected chi connectivity index (χ0v) is 11.2. The maximum atomic E-state index is 11.5. The monoisotopic (exact) mass is 249 g/mol. The summed E-state index contributed by atoms with van der Waals surface area (Å²) in [5, 5.41) is 0. The first-order valence-electron chi connectivity index (χ1n) is 5.64. The maximum Gasteiger partial charge on any atom is 0.147 e. The lowest BCUT2D eigenvalue weighted by molar-refractivity contribution is -0.119. The molecule has 2 N–H and O–H groups in total. The van der Waals surface area contributed by atoms with E-state index in [1.165, 1.54) is 0 Å². The Morgan fingerprint density at radius 1 is 1.31 bits per heavy atom. The van der Waals surface area contributed by atoms with E-state index in [0.717, 1.165) is 12.7 Å².